The van der Waals surface area contributed by atoms with E-state index in [1.807, 2.05) is 19.1 Å². The van der Waals surface area contributed by atoms with Crippen molar-refractivity contribution in [3.8, 4) is 5.75 Å². The van der Waals surface area contributed by atoms with E-state index >= 15 is 0 Å². The lowest BCUT2D eigenvalue weighted by molar-refractivity contribution is 0.0980. The van der Waals surface area contributed by atoms with Gasteiger partial charge >= 0.3 is 0 Å². The summed E-state index contributed by atoms with van der Waals surface area (Å²) in [6.07, 6.45) is 4.14. The Hall–Kier alpha value is -1.47. The van der Waals surface area contributed by atoms with Gasteiger partial charge in [-0.3, -0.25) is 14.4 Å². The number of hydrogen-bond donors (Lipinski definition) is 1. The SMILES string of the molecule is CCSNC(=O)c1cc(C2CC2)c(OCC2CCN(Cc3ccc(Cl)cc3Cl)CC2)cc1F. The fourth-order valence-corrected chi connectivity index (χ4v) is 5.04. The molecule has 2 fully saturated rings. The van der Waals surface area contributed by atoms with Gasteiger partial charge in [0.2, 0.25) is 0 Å². The van der Waals surface area contributed by atoms with Gasteiger partial charge in [-0.15, -0.1) is 0 Å². The monoisotopic (exact) mass is 510 g/mol. The molecule has 1 saturated carbocycles. The minimum Gasteiger partial charge on any atom is -0.493 e. The number of carbonyl (C=O) groups is 1. The first kappa shape index (κ1) is 24.6. The molecule has 2 aromatic rings. The van der Waals surface area contributed by atoms with Gasteiger partial charge in [0, 0.05) is 28.4 Å². The van der Waals surface area contributed by atoms with Gasteiger partial charge in [-0.1, -0.05) is 48.1 Å². The van der Waals surface area contributed by atoms with Crippen molar-refractivity contribution in [3.63, 3.8) is 0 Å². The molecule has 1 aliphatic heterocycles. The van der Waals surface area contributed by atoms with Crippen LogP contribution >= 0.6 is 35.1 Å². The third kappa shape index (κ3) is 6.56. The molecule has 0 unspecified atom stereocenters. The maximum absolute atomic E-state index is 14.7. The molecule has 1 saturated heterocycles. The van der Waals surface area contributed by atoms with Crippen molar-refractivity contribution in [1.82, 2.24) is 9.62 Å². The maximum Gasteiger partial charge on any atom is 0.264 e. The lowest BCUT2D eigenvalue weighted by atomic mass is 9.97. The summed E-state index contributed by atoms with van der Waals surface area (Å²) in [5.74, 6) is 1.18. The first-order chi connectivity index (χ1) is 15.9. The quantitative estimate of drug-likeness (QED) is 0.381. The molecule has 0 aromatic heterocycles. The molecule has 2 aromatic carbocycles. The summed E-state index contributed by atoms with van der Waals surface area (Å²) in [4.78, 5) is 14.7. The van der Waals surface area contributed by atoms with Gasteiger partial charge in [-0.25, -0.2) is 4.39 Å². The van der Waals surface area contributed by atoms with Crippen LogP contribution in [-0.4, -0.2) is 36.3 Å². The van der Waals surface area contributed by atoms with Crippen LogP contribution in [0.4, 0.5) is 4.39 Å². The smallest absolute Gasteiger partial charge is 0.264 e. The van der Waals surface area contributed by atoms with E-state index in [1.165, 1.54) is 18.0 Å². The van der Waals surface area contributed by atoms with Crippen molar-refractivity contribution in [2.24, 2.45) is 5.92 Å². The summed E-state index contributed by atoms with van der Waals surface area (Å²) in [5.41, 5.74) is 2.14. The Bertz CT molecular complexity index is 995. The largest absolute Gasteiger partial charge is 0.493 e. The third-order valence-corrected chi connectivity index (χ3v) is 7.47. The average Bonchev–Trinajstić information content (AvgIpc) is 3.64. The Labute approximate surface area is 209 Å². The summed E-state index contributed by atoms with van der Waals surface area (Å²) < 4.78 is 23.5. The lowest BCUT2D eigenvalue weighted by Gasteiger charge is -2.32. The molecule has 0 atom stereocenters. The highest BCUT2D eigenvalue weighted by molar-refractivity contribution is 7.97. The number of amides is 1. The molecule has 0 spiro atoms. The summed E-state index contributed by atoms with van der Waals surface area (Å²) in [5, 5.41) is 1.35. The Morgan fingerprint density at radius 2 is 1.94 bits per heavy atom. The fourth-order valence-electron chi connectivity index (χ4n) is 4.19. The van der Waals surface area contributed by atoms with Crippen LogP contribution in [0.25, 0.3) is 0 Å². The van der Waals surface area contributed by atoms with Crippen molar-refractivity contribution in [1.29, 1.82) is 0 Å². The number of rotatable bonds is 9. The molecule has 33 heavy (non-hydrogen) atoms. The zero-order valence-corrected chi connectivity index (χ0v) is 21.0. The van der Waals surface area contributed by atoms with E-state index in [4.69, 9.17) is 27.9 Å². The Balaban J connectivity index is 1.33. The number of hydrogen-bond acceptors (Lipinski definition) is 4. The summed E-state index contributed by atoms with van der Waals surface area (Å²) in [6.45, 7) is 5.23. The van der Waals surface area contributed by atoms with Crippen molar-refractivity contribution < 1.29 is 13.9 Å². The molecule has 1 heterocycles. The van der Waals surface area contributed by atoms with Crippen molar-refractivity contribution in [2.75, 3.05) is 25.4 Å². The van der Waals surface area contributed by atoms with E-state index in [1.54, 1.807) is 12.1 Å². The third-order valence-electron chi connectivity index (χ3n) is 6.26. The number of carbonyl (C=O) groups excluding carboxylic acids is 1. The zero-order chi connectivity index (χ0) is 23.4. The second-order valence-electron chi connectivity index (χ2n) is 8.77. The van der Waals surface area contributed by atoms with Crippen molar-refractivity contribution >= 4 is 41.1 Å². The predicted octanol–water partition coefficient (Wildman–Crippen LogP) is 6.70. The average molecular weight is 511 g/mol. The van der Waals surface area contributed by atoms with E-state index in [9.17, 15) is 9.18 Å². The van der Waals surface area contributed by atoms with Gasteiger partial charge in [0.15, 0.2) is 0 Å². The van der Waals surface area contributed by atoms with E-state index < -0.39 is 5.82 Å². The van der Waals surface area contributed by atoms with Gasteiger partial charge in [0.25, 0.3) is 5.91 Å². The number of nitrogens with one attached hydrogen (secondary N) is 1. The molecule has 1 amide bonds. The number of likely N-dealkylation sites (tertiary alicyclic amines) is 1. The topological polar surface area (TPSA) is 41.6 Å². The number of piperidine rings is 1. The van der Waals surface area contributed by atoms with Gasteiger partial charge in [0.05, 0.1) is 12.2 Å². The number of nitrogens with zero attached hydrogens (tertiary/aromatic N) is 1. The fraction of sp³-hybridized carbons (Fsp3) is 0.480. The highest BCUT2D eigenvalue weighted by atomic mass is 35.5. The van der Waals surface area contributed by atoms with E-state index in [0.717, 1.165) is 62.2 Å². The minimum absolute atomic E-state index is 0.0966. The molecule has 1 N–H and O–H groups in total. The molecule has 0 bridgehead atoms. The molecular formula is C25H29Cl2FN2O2S. The number of ether oxygens (including phenoxy) is 1. The zero-order valence-electron chi connectivity index (χ0n) is 18.7. The highest BCUT2D eigenvalue weighted by Gasteiger charge is 2.30. The van der Waals surface area contributed by atoms with Crippen molar-refractivity contribution in [3.05, 3.63) is 62.9 Å². The second kappa shape index (κ2) is 11.3. The van der Waals surface area contributed by atoms with E-state index in [-0.39, 0.29) is 11.5 Å². The van der Waals surface area contributed by atoms with E-state index in [2.05, 4.69) is 9.62 Å². The van der Waals surface area contributed by atoms with Crippen LogP contribution in [0, 0.1) is 11.7 Å². The minimum atomic E-state index is -0.529. The molecule has 8 heteroatoms. The van der Waals surface area contributed by atoms with Crippen LogP contribution in [0.3, 0.4) is 0 Å². The Morgan fingerprint density at radius 3 is 2.61 bits per heavy atom. The first-order valence-corrected chi connectivity index (χ1v) is 13.2. The van der Waals surface area contributed by atoms with Gasteiger partial charge < -0.3 is 4.74 Å². The van der Waals surface area contributed by atoms with Crippen molar-refractivity contribution in [2.45, 2.75) is 45.1 Å². The Kier molecular flexibility index (Phi) is 8.44. The van der Waals surface area contributed by atoms with Crippen LogP contribution in [0.2, 0.25) is 10.0 Å². The van der Waals surface area contributed by atoms with Crippen LogP contribution in [-0.2, 0) is 6.54 Å². The van der Waals surface area contributed by atoms with Gasteiger partial charge in [0.1, 0.15) is 11.6 Å². The maximum atomic E-state index is 14.7. The number of halogens is 3. The van der Waals surface area contributed by atoms with Crippen LogP contribution in [0.5, 0.6) is 5.75 Å². The summed E-state index contributed by atoms with van der Waals surface area (Å²) in [7, 11) is 0. The molecular weight excluding hydrogens is 482 g/mol. The normalized spacial score (nSPS) is 17.2. The molecule has 2 aliphatic rings. The van der Waals surface area contributed by atoms with Crippen LogP contribution in [0.1, 0.15) is 60.0 Å². The van der Waals surface area contributed by atoms with E-state index in [0.29, 0.717) is 34.2 Å². The van der Waals surface area contributed by atoms with Gasteiger partial charge in [-0.05, 0) is 79.9 Å². The highest BCUT2D eigenvalue weighted by Crippen LogP contribution is 2.45. The molecule has 178 valence electrons. The lowest BCUT2D eigenvalue weighted by Crippen LogP contribution is -2.35. The standard InChI is InChI=1S/C25H29Cl2FN2O2S/c1-2-33-29-25(31)21-12-20(17-3-4-17)24(13-23(21)28)32-15-16-7-9-30(10-8-16)14-18-5-6-19(26)11-22(18)27/h5-6,11-13,16-17H,2-4,7-10,14-15H2,1H3,(H,29,31). The molecule has 1 aliphatic carbocycles. The predicted molar refractivity (Wildman–Crippen MR) is 134 cm³/mol. The van der Waals surface area contributed by atoms with Crippen LogP contribution < -0.4 is 9.46 Å². The number of benzene rings is 2. The molecule has 4 nitrogen and oxygen atoms in total. The summed E-state index contributed by atoms with van der Waals surface area (Å²) >= 11 is 13.6. The molecule has 0 radical (unpaired) electrons. The Morgan fingerprint density at radius 1 is 1.18 bits per heavy atom. The van der Waals surface area contributed by atoms with Crippen LogP contribution in [0.15, 0.2) is 30.3 Å². The second-order valence-corrected chi connectivity index (χ2v) is 10.7. The molecule has 4 rings (SSSR count). The summed E-state index contributed by atoms with van der Waals surface area (Å²) in [6, 6.07) is 8.73. The first-order valence-electron chi connectivity index (χ1n) is 11.5. The van der Waals surface area contributed by atoms with Gasteiger partial charge in [-0.2, -0.15) is 0 Å².